The summed E-state index contributed by atoms with van der Waals surface area (Å²) < 4.78 is 25.7. The first kappa shape index (κ1) is 10.7. The smallest absolute Gasteiger partial charge is 0.187 e. The molecule has 1 rings (SSSR count). The van der Waals surface area contributed by atoms with E-state index in [9.17, 15) is 8.78 Å². The summed E-state index contributed by atoms with van der Waals surface area (Å²) in [6, 6.07) is 1.54. The quantitative estimate of drug-likeness (QED) is 0.733. The largest absolute Gasteiger partial charge is 0.503 e. The van der Waals surface area contributed by atoms with E-state index in [4.69, 9.17) is 10.8 Å². The lowest BCUT2D eigenvalue weighted by Gasteiger charge is -2.10. The van der Waals surface area contributed by atoms with Gasteiger partial charge in [-0.3, -0.25) is 0 Å². The van der Waals surface area contributed by atoms with Crippen molar-refractivity contribution in [1.82, 2.24) is 0 Å². The number of rotatable bonds is 3. The molecular weight excluding hydrogens is 188 g/mol. The summed E-state index contributed by atoms with van der Waals surface area (Å²) in [5.41, 5.74) is 5.91. The van der Waals surface area contributed by atoms with E-state index in [2.05, 4.69) is 6.58 Å². The molecule has 1 atom stereocenters. The highest BCUT2D eigenvalue weighted by Gasteiger charge is 2.12. The van der Waals surface area contributed by atoms with Gasteiger partial charge in [0.2, 0.25) is 0 Å². The van der Waals surface area contributed by atoms with E-state index in [0.717, 1.165) is 12.1 Å². The van der Waals surface area contributed by atoms with Crippen LogP contribution in [-0.2, 0) is 0 Å². The molecule has 0 aromatic heterocycles. The molecule has 0 aliphatic rings. The number of phenols is 1. The van der Waals surface area contributed by atoms with Crippen molar-refractivity contribution in [3.05, 3.63) is 42.0 Å². The minimum atomic E-state index is -1.00. The monoisotopic (exact) mass is 199 g/mol. The Kier molecular flexibility index (Phi) is 3.19. The molecule has 0 radical (unpaired) electrons. The SMILES string of the molecule is C=CCC(N)c1cc(F)c(O)c(F)c1. The molecule has 0 spiro atoms. The van der Waals surface area contributed by atoms with Gasteiger partial charge in [0.15, 0.2) is 17.4 Å². The average Bonchev–Trinajstić information content (AvgIpc) is 2.13. The summed E-state index contributed by atoms with van der Waals surface area (Å²) in [4.78, 5) is 0. The van der Waals surface area contributed by atoms with Gasteiger partial charge in [-0.25, -0.2) is 8.78 Å². The van der Waals surface area contributed by atoms with Crippen LogP contribution < -0.4 is 5.73 Å². The highest BCUT2D eigenvalue weighted by molar-refractivity contribution is 5.31. The van der Waals surface area contributed by atoms with Crippen molar-refractivity contribution in [1.29, 1.82) is 0 Å². The fraction of sp³-hybridized carbons (Fsp3) is 0.200. The molecule has 1 aromatic rings. The van der Waals surface area contributed by atoms with Crippen LogP contribution in [0.1, 0.15) is 18.0 Å². The van der Waals surface area contributed by atoms with Crippen LogP contribution in [0.3, 0.4) is 0 Å². The van der Waals surface area contributed by atoms with E-state index in [1.807, 2.05) is 0 Å². The van der Waals surface area contributed by atoms with Gasteiger partial charge in [-0.2, -0.15) is 0 Å². The molecule has 0 bridgehead atoms. The maximum atomic E-state index is 12.9. The Bertz CT molecular complexity index is 329. The van der Waals surface area contributed by atoms with Gasteiger partial charge in [-0.15, -0.1) is 6.58 Å². The third-order valence-electron chi connectivity index (χ3n) is 1.89. The molecule has 3 N–H and O–H groups in total. The average molecular weight is 199 g/mol. The van der Waals surface area contributed by atoms with E-state index in [1.165, 1.54) is 0 Å². The Balaban J connectivity index is 3.05. The topological polar surface area (TPSA) is 46.2 Å². The van der Waals surface area contributed by atoms with E-state index >= 15 is 0 Å². The van der Waals surface area contributed by atoms with Crippen LogP contribution in [0, 0.1) is 11.6 Å². The molecule has 76 valence electrons. The molecule has 2 nitrogen and oxygen atoms in total. The Hall–Kier alpha value is -1.42. The van der Waals surface area contributed by atoms with Crippen molar-refractivity contribution in [3.8, 4) is 5.75 Å². The summed E-state index contributed by atoms with van der Waals surface area (Å²) in [5, 5.41) is 8.83. The second-order valence-electron chi connectivity index (χ2n) is 2.96. The molecule has 4 heteroatoms. The Morgan fingerprint density at radius 1 is 1.43 bits per heavy atom. The van der Waals surface area contributed by atoms with Crippen LogP contribution in [0.4, 0.5) is 8.78 Å². The van der Waals surface area contributed by atoms with E-state index in [-0.39, 0.29) is 0 Å². The third-order valence-corrected chi connectivity index (χ3v) is 1.89. The molecule has 0 saturated carbocycles. The number of nitrogens with two attached hydrogens (primary N) is 1. The third kappa shape index (κ3) is 2.09. The number of halogens is 2. The van der Waals surface area contributed by atoms with E-state index in [1.54, 1.807) is 6.08 Å². The minimum absolute atomic E-state index is 0.303. The predicted molar refractivity (Wildman–Crippen MR) is 49.8 cm³/mol. The van der Waals surface area contributed by atoms with Crippen LogP contribution in [-0.4, -0.2) is 5.11 Å². The first-order chi connectivity index (χ1) is 6.56. The van der Waals surface area contributed by atoms with Crippen LogP contribution in [0.2, 0.25) is 0 Å². The zero-order chi connectivity index (χ0) is 10.7. The van der Waals surface area contributed by atoms with Gasteiger partial charge in [0, 0.05) is 6.04 Å². The number of phenolic OH excluding ortho intramolecular Hbond substituents is 1. The maximum Gasteiger partial charge on any atom is 0.187 e. The zero-order valence-corrected chi connectivity index (χ0v) is 7.50. The second-order valence-corrected chi connectivity index (χ2v) is 2.96. The first-order valence-corrected chi connectivity index (χ1v) is 4.10. The fourth-order valence-corrected chi connectivity index (χ4v) is 1.11. The number of aromatic hydroxyl groups is 1. The van der Waals surface area contributed by atoms with Gasteiger partial charge < -0.3 is 10.8 Å². The van der Waals surface area contributed by atoms with Crippen molar-refractivity contribution >= 4 is 0 Å². The van der Waals surface area contributed by atoms with Crippen LogP contribution in [0.15, 0.2) is 24.8 Å². The molecular formula is C10H11F2NO. The van der Waals surface area contributed by atoms with Crippen molar-refractivity contribution in [3.63, 3.8) is 0 Å². The predicted octanol–water partition coefficient (Wildman–Crippen LogP) is 2.25. The Labute approximate surface area is 80.7 Å². The van der Waals surface area contributed by atoms with Crippen LogP contribution >= 0.6 is 0 Å². The molecule has 1 unspecified atom stereocenters. The van der Waals surface area contributed by atoms with Crippen molar-refractivity contribution in [2.75, 3.05) is 0 Å². The molecule has 0 fully saturated rings. The van der Waals surface area contributed by atoms with Crippen molar-refractivity contribution < 1.29 is 13.9 Å². The zero-order valence-electron chi connectivity index (χ0n) is 7.50. The lowest BCUT2D eigenvalue weighted by Crippen LogP contribution is -2.09. The molecule has 0 saturated heterocycles. The van der Waals surface area contributed by atoms with E-state index in [0.29, 0.717) is 12.0 Å². The van der Waals surface area contributed by atoms with Crippen molar-refractivity contribution in [2.24, 2.45) is 5.73 Å². The van der Waals surface area contributed by atoms with Gasteiger partial charge >= 0.3 is 0 Å². The van der Waals surface area contributed by atoms with Gasteiger partial charge in [-0.05, 0) is 24.1 Å². The summed E-state index contributed by atoms with van der Waals surface area (Å²) in [6.45, 7) is 3.47. The van der Waals surface area contributed by atoms with E-state index < -0.39 is 23.4 Å². The standard InChI is InChI=1S/C10H11F2NO/c1-2-3-9(13)6-4-7(11)10(14)8(12)5-6/h2,4-5,9,14H,1,3,13H2. The van der Waals surface area contributed by atoms with Gasteiger partial charge in [0.05, 0.1) is 0 Å². The first-order valence-electron chi connectivity index (χ1n) is 4.10. The Morgan fingerprint density at radius 2 is 1.93 bits per heavy atom. The summed E-state index contributed by atoms with van der Waals surface area (Å²) in [5.74, 6) is -2.97. The van der Waals surface area contributed by atoms with Crippen molar-refractivity contribution in [2.45, 2.75) is 12.5 Å². The summed E-state index contributed by atoms with van der Waals surface area (Å²) >= 11 is 0. The maximum absolute atomic E-state index is 12.9. The lowest BCUT2D eigenvalue weighted by molar-refractivity contribution is 0.394. The van der Waals surface area contributed by atoms with Crippen LogP contribution in [0.5, 0.6) is 5.75 Å². The number of hydrogen-bond donors (Lipinski definition) is 2. The fourth-order valence-electron chi connectivity index (χ4n) is 1.11. The van der Waals surface area contributed by atoms with Gasteiger partial charge in [-0.1, -0.05) is 6.08 Å². The molecule has 0 amide bonds. The Morgan fingerprint density at radius 3 is 2.36 bits per heavy atom. The molecule has 0 heterocycles. The minimum Gasteiger partial charge on any atom is -0.503 e. The summed E-state index contributed by atoms with van der Waals surface area (Å²) in [6.07, 6.45) is 1.98. The molecule has 0 aliphatic carbocycles. The number of hydrogen-bond acceptors (Lipinski definition) is 2. The highest BCUT2D eigenvalue weighted by atomic mass is 19.1. The second kappa shape index (κ2) is 4.19. The molecule has 14 heavy (non-hydrogen) atoms. The normalized spacial score (nSPS) is 12.5. The molecule has 0 aliphatic heterocycles. The highest BCUT2D eigenvalue weighted by Crippen LogP contribution is 2.25. The number of benzene rings is 1. The van der Waals surface area contributed by atoms with Gasteiger partial charge in [0.25, 0.3) is 0 Å². The summed E-state index contributed by atoms with van der Waals surface area (Å²) in [7, 11) is 0. The van der Waals surface area contributed by atoms with Gasteiger partial charge in [0.1, 0.15) is 0 Å². The lowest BCUT2D eigenvalue weighted by atomic mass is 10.0. The molecule has 1 aromatic carbocycles. The van der Waals surface area contributed by atoms with Crippen LogP contribution in [0.25, 0.3) is 0 Å².